The highest BCUT2D eigenvalue weighted by atomic mass is 16.6. The predicted octanol–water partition coefficient (Wildman–Crippen LogP) is 7.24. The van der Waals surface area contributed by atoms with E-state index in [-0.39, 0.29) is 12.1 Å². The summed E-state index contributed by atoms with van der Waals surface area (Å²) in [5.41, 5.74) is 5.25. The minimum Gasteiger partial charge on any atom is -0.473 e. The number of amides is 1. The molecule has 0 N–H and O–H groups in total. The van der Waals surface area contributed by atoms with Crippen LogP contribution in [0, 0.1) is 0 Å². The molecule has 1 saturated heterocycles. The number of hydrogen-bond donors (Lipinski definition) is 0. The molecular weight excluding hydrogens is 578 g/mol. The molecule has 3 aromatic carbocycles. The average Bonchev–Trinajstić information content (AvgIpc) is 3.38. The molecule has 1 aliphatic heterocycles. The summed E-state index contributed by atoms with van der Waals surface area (Å²) in [4.78, 5) is 21.7. The molecule has 1 aliphatic rings. The maximum Gasteiger partial charge on any atom is 0.410 e. The zero-order valence-corrected chi connectivity index (χ0v) is 27.1. The minimum absolute atomic E-state index is 0.0133. The van der Waals surface area contributed by atoms with Crippen LogP contribution in [-0.2, 0) is 25.0 Å². The summed E-state index contributed by atoms with van der Waals surface area (Å²) >= 11 is 0. The molecule has 0 spiro atoms. The van der Waals surface area contributed by atoms with E-state index < -0.39 is 5.60 Å². The van der Waals surface area contributed by atoms with Gasteiger partial charge in [0.15, 0.2) is 0 Å². The topological polar surface area (TPSA) is 82.0 Å². The fraction of sp³-hybridized carbons (Fsp3) is 0.324. The highest BCUT2D eigenvalue weighted by molar-refractivity contribution is 5.96. The van der Waals surface area contributed by atoms with Gasteiger partial charge in [0.25, 0.3) is 0 Å². The largest absolute Gasteiger partial charge is 0.473 e. The molecule has 2 aromatic heterocycles. The molecule has 9 nitrogen and oxygen atoms in total. The highest BCUT2D eigenvalue weighted by Gasteiger charge is 2.31. The van der Waals surface area contributed by atoms with Gasteiger partial charge in [-0.2, -0.15) is 10.1 Å². The van der Waals surface area contributed by atoms with Gasteiger partial charge >= 0.3 is 6.09 Å². The van der Waals surface area contributed by atoms with Crippen molar-refractivity contribution in [2.24, 2.45) is 7.05 Å². The summed E-state index contributed by atoms with van der Waals surface area (Å²) in [6.45, 7) is 10.5. The molecule has 46 heavy (non-hydrogen) atoms. The Balaban J connectivity index is 1.26. The Morgan fingerprint density at radius 2 is 1.54 bits per heavy atom. The lowest BCUT2D eigenvalue weighted by molar-refractivity contribution is 0.0159. The molecule has 1 amide bonds. The Labute approximate surface area is 270 Å². The summed E-state index contributed by atoms with van der Waals surface area (Å²) in [5.74, 6) is 0.948. The van der Waals surface area contributed by atoms with Crippen molar-refractivity contribution in [3.63, 3.8) is 0 Å². The van der Waals surface area contributed by atoms with Crippen molar-refractivity contribution in [3.8, 4) is 23.0 Å². The number of rotatable bonds is 8. The third-order valence-corrected chi connectivity index (χ3v) is 7.99. The van der Waals surface area contributed by atoms with Crippen LogP contribution in [0.3, 0.4) is 0 Å². The number of pyridine rings is 1. The Kier molecular flexibility index (Phi) is 8.83. The van der Waals surface area contributed by atoms with Gasteiger partial charge < -0.3 is 24.0 Å². The predicted molar refractivity (Wildman–Crippen MR) is 180 cm³/mol. The van der Waals surface area contributed by atoms with E-state index in [2.05, 4.69) is 30.0 Å². The summed E-state index contributed by atoms with van der Waals surface area (Å²) in [7, 11) is 1.95. The zero-order valence-electron chi connectivity index (χ0n) is 27.1. The van der Waals surface area contributed by atoms with Crippen LogP contribution in [0.4, 0.5) is 10.5 Å². The van der Waals surface area contributed by atoms with Crippen molar-refractivity contribution in [1.82, 2.24) is 19.7 Å². The first-order valence-corrected chi connectivity index (χ1v) is 15.7. The number of carbonyl (C=O) groups excluding carboxylic acids is 1. The molecule has 0 saturated carbocycles. The van der Waals surface area contributed by atoms with Gasteiger partial charge in [-0.3, -0.25) is 4.68 Å². The number of fused-ring (bicyclic) bond motifs is 1. The summed E-state index contributed by atoms with van der Waals surface area (Å²) in [6, 6.07) is 30.3. The molecule has 5 aromatic rings. The lowest BCUT2D eigenvalue weighted by Gasteiger charge is -2.41. The number of benzene rings is 3. The number of anilines is 1. The Bertz CT molecular complexity index is 1800. The average molecular weight is 620 g/mol. The summed E-state index contributed by atoms with van der Waals surface area (Å²) in [5, 5.41) is 5.93. The molecule has 0 unspecified atom stereocenters. The van der Waals surface area contributed by atoms with Crippen molar-refractivity contribution >= 4 is 22.7 Å². The third-order valence-electron chi connectivity index (χ3n) is 7.99. The molecular formula is C37H41N5O4. The van der Waals surface area contributed by atoms with Crippen molar-refractivity contribution in [2.45, 2.75) is 52.6 Å². The van der Waals surface area contributed by atoms with E-state index in [0.29, 0.717) is 44.6 Å². The van der Waals surface area contributed by atoms with Gasteiger partial charge in [0, 0.05) is 49.9 Å². The van der Waals surface area contributed by atoms with E-state index in [1.807, 2.05) is 110 Å². The van der Waals surface area contributed by atoms with Crippen LogP contribution in [-0.4, -0.2) is 57.0 Å². The van der Waals surface area contributed by atoms with Gasteiger partial charge in [-0.25, -0.2) is 4.79 Å². The van der Waals surface area contributed by atoms with Gasteiger partial charge in [0.05, 0.1) is 11.1 Å². The highest BCUT2D eigenvalue weighted by Crippen LogP contribution is 2.37. The van der Waals surface area contributed by atoms with E-state index in [9.17, 15) is 4.79 Å². The molecule has 1 fully saturated rings. The summed E-state index contributed by atoms with van der Waals surface area (Å²) < 4.78 is 19.9. The number of piperazine rings is 1. The van der Waals surface area contributed by atoms with Crippen LogP contribution in [0.5, 0.6) is 11.8 Å². The lowest BCUT2D eigenvalue weighted by atomic mass is 10.1. The van der Waals surface area contributed by atoms with Gasteiger partial charge in [0.1, 0.15) is 24.5 Å². The molecule has 0 aliphatic carbocycles. The van der Waals surface area contributed by atoms with Gasteiger partial charge in [-0.1, -0.05) is 60.7 Å². The number of aromatic nitrogens is 3. The number of hydrogen-bond acceptors (Lipinski definition) is 7. The quantitative estimate of drug-likeness (QED) is 0.181. The van der Waals surface area contributed by atoms with E-state index in [1.54, 1.807) is 0 Å². The second-order valence-electron chi connectivity index (χ2n) is 12.7. The van der Waals surface area contributed by atoms with Crippen molar-refractivity contribution in [2.75, 3.05) is 24.5 Å². The van der Waals surface area contributed by atoms with Crippen LogP contribution in [0.1, 0.15) is 38.8 Å². The molecule has 0 bridgehead atoms. The minimum atomic E-state index is -0.520. The standard InChI is InChI=1S/C37H41N5O4/c1-26-23-41(20-21-42(26)36(43)46-37(2,3)4)29-16-17-30-32(22-29)40(5)39-34(30)31-18-19-33(44-24-27-12-8-6-9-13-27)38-35(31)45-25-28-14-10-7-11-15-28/h6-19,22,26H,20-21,23-25H2,1-5H3/t26-/m1/s1. The van der Waals surface area contributed by atoms with Crippen molar-refractivity contribution < 1.29 is 19.0 Å². The van der Waals surface area contributed by atoms with E-state index in [1.165, 1.54) is 0 Å². The van der Waals surface area contributed by atoms with Crippen LogP contribution in [0.15, 0.2) is 91.0 Å². The zero-order chi connectivity index (χ0) is 32.3. The van der Waals surface area contributed by atoms with E-state index in [0.717, 1.165) is 39.0 Å². The third kappa shape index (κ3) is 7.09. The SMILES string of the molecule is C[C@@H]1CN(c2ccc3c(-c4ccc(OCc5ccccc5)nc4OCc4ccccc4)nn(C)c3c2)CCN1C(=O)OC(C)(C)C. The Morgan fingerprint density at radius 3 is 2.20 bits per heavy atom. The maximum absolute atomic E-state index is 12.8. The molecule has 238 valence electrons. The monoisotopic (exact) mass is 619 g/mol. The van der Waals surface area contributed by atoms with Crippen LogP contribution >= 0.6 is 0 Å². The second kappa shape index (κ2) is 13.1. The number of ether oxygens (including phenoxy) is 3. The first kappa shape index (κ1) is 31.0. The fourth-order valence-electron chi connectivity index (χ4n) is 5.68. The molecule has 9 heteroatoms. The molecule has 1 atom stereocenters. The molecule has 3 heterocycles. The second-order valence-corrected chi connectivity index (χ2v) is 12.7. The Hall–Kier alpha value is -5.05. The number of carbonyl (C=O) groups is 1. The van der Waals surface area contributed by atoms with Gasteiger partial charge in [-0.15, -0.1) is 0 Å². The smallest absolute Gasteiger partial charge is 0.410 e. The van der Waals surface area contributed by atoms with Crippen LogP contribution in [0.25, 0.3) is 22.2 Å². The van der Waals surface area contributed by atoms with E-state index in [4.69, 9.17) is 24.3 Å². The first-order chi connectivity index (χ1) is 22.1. The van der Waals surface area contributed by atoms with Crippen LogP contribution < -0.4 is 14.4 Å². The molecule has 6 rings (SSSR count). The first-order valence-electron chi connectivity index (χ1n) is 15.7. The van der Waals surface area contributed by atoms with Gasteiger partial charge in [-0.05, 0) is 63.1 Å². The van der Waals surface area contributed by atoms with Crippen LogP contribution in [0.2, 0.25) is 0 Å². The van der Waals surface area contributed by atoms with Crippen molar-refractivity contribution in [3.05, 3.63) is 102 Å². The number of nitrogens with zero attached hydrogens (tertiary/aromatic N) is 5. The normalized spacial score (nSPS) is 15.2. The maximum atomic E-state index is 12.8. The lowest BCUT2D eigenvalue weighted by Crippen LogP contribution is -2.55. The van der Waals surface area contributed by atoms with E-state index >= 15 is 0 Å². The number of aryl methyl sites for hydroxylation is 1. The fourth-order valence-corrected chi connectivity index (χ4v) is 5.68. The molecule has 0 radical (unpaired) electrons. The van der Waals surface area contributed by atoms with Crippen molar-refractivity contribution in [1.29, 1.82) is 0 Å². The van der Waals surface area contributed by atoms with Gasteiger partial charge in [0.2, 0.25) is 11.8 Å². The Morgan fingerprint density at radius 1 is 0.870 bits per heavy atom. The summed E-state index contributed by atoms with van der Waals surface area (Å²) in [6.07, 6.45) is -0.262.